The molecule has 0 saturated carbocycles. The van der Waals surface area contributed by atoms with Crippen molar-refractivity contribution in [2.24, 2.45) is 0 Å². The molecule has 0 bridgehead atoms. The molecule has 17 heavy (non-hydrogen) atoms. The Balaban J connectivity index is 2.11. The summed E-state index contributed by atoms with van der Waals surface area (Å²) in [5.41, 5.74) is 2.87. The van der Waals surface area contributed by atoms with E-state index in [4.69, 9.17) is 0 Å². The second-order valence-corrected chi connectivity index (χ2v) is 4.66. The van der Waals surface area contributed by atoms with Crippen molar-refractivity contribution in [1.29, 1.82) is 0 Å². The van der Waals surface area contributed by atoms with Crippen LogP contribution < -0.4 is 0 Å². The fraction of sp³-hybridized carbons (Fsp3) is 0.429. The molecule has 3 nitrogen and oxygen atoms in total. The summed E-state index contributed by atoms with van der Waals surface area (Å²) in [5.74, 6) is 0.140. The van der Waals surface area contributed by atoms with Crippen molar-refractivity contribution in [2.45, 2.75) is 26.7 Å². The van der Waals surface area contributed by atoms with Gasteiger partial charge in [-0.1, -0.05) is 23.8 Å². The van der Waals surface area contributed by atoms with Crippen molar-refractivity contribution >= 4 is 11.7 Å². The monoisotopic (exact) mass is 231 g/mol. The maximum Gasteiger partial charge on any atom is 0.223 e. The second-order valence-electron chi connectivity index (χ2n) is 4.66. The first kappa shape index (κ1) is 11.8. The number of nitrogens with zero attached hydrogens (tertiary/aromatic N) is 1. The molecule has 0 spiro atoms. The summed E-state index contributed by atoms with van der Waals surface area (Å²) in [6.45, 7) is 4.88. The van der Waals surface area contributed by atoms with Crippen LogP contribution in [0.2, 0.25) is 0 Å². The van der Waals surface area contributed by atoms with Gasteiger partial charge in [0.25, 0.3) is 0 Å². The van der Waals surface area contributed by atoms with Crippen LogP contribution in [-0.2, 0) is 4.79 Å². The lowest BCUT2D eigenvalue weighted by Crippen LogP contribution is -2.31. The van der Waals surface area contributed by atoms with Crippen molar-refractivity contribution < 1.29 is 9.59 Å². The summed E-state index contributed by atoms with van der Waals surface area (Å²) >= 11 is 0. The van der Waals surface area contributed by atoms with Gasteiger partial charge in [0, 0.05) is 18.5 Å². The Hall–Kier alpha value is -1.64. The molecule has 90 valence electrons. The fourth-order valence-corrected chi connectivity index (χ4v) is 2.26. The van der Waals surface area contributed by atoms with E-state index < -0.39 is 0 Å². The van der Waals surface area contributed by atoms with Gasteiger partial charge in [0.15, 0.2) is 5.78 Å². The van der Waals surface area contributed by atoms with E-state index in [1.807, 2.05) is 32.0 Å². The molecule has 1 aromatic rings. The number of hydrogen-bond donors (Lipinski definition) is 0. The highest BCUT2D eigenvalue weighted by Gasteiger charge is 2.23. The van der Waals surface area contributed by atoms with Gasteiger partial charge in [0.1, 0.15) is 0 Å². The van der Waals surface area contributed by atoms with E-state index in [0.29, 0.717) is 6.42 Å². The minimum Gasteiger partial charge on any atom is -0.335 e. The van der Waals surface area contributed by atoms with E-state index in [1.54, 1.807) is 4.90 Å². The van der Waals surface area contributed by atoms with E-state index >= 15 is 0 Å². The number of carbonyl (C=O) groups is 2. The Morgan fingerprint density at radius 3 is 2.71 bits per heavy atom. The van der Waals surface area contributed by atoms with E-state index in [1.165, 1.54) is 0 Å². The molecule has 0 N–H and O–H groups in total. The average Bonchev–Trinajstić information content (AvgIpc) is 2.64. The van der Waals surface area contributed by atoms with Gasteiger partial charge in [-0.2, -0.15) is 0 Å². The van der Waals surface area contributed by atoms with Crippen molar-refractivity contribution in [2.75, 3.05) is 13.1 Å². The molecule has 1 fully saturated rings. The molecule has 0 unspecified atom stereocenters. The summed E-state index contributed by atoms with van der Waals surface area (Å²) in [6, 6.07) is 5.79. The van der Waals surface area contributed by atoms with Gasteiger partial charge >= 0.3 is 0 Å². The van der Waals surface area contributed by atoms with Crippen LogP contribution in [0.25, 0.3) is 0 Å². The number of benzene rings is 1. The third-order valence-corrected chi connectivity index (χ3v) is 3.19. The predicted molar refractivity (Wildman–Crippen MR) is 66.1 cm³/mol. The highest BCUT2D eigenvalue weighted by molar-refractivity contribution is 6.00. The molecule has 1 aliphatic heterocycles. The maximum absolute atomic E-state index is 12.1. The number of amides is 1. The van der Waals surface area contributed by atoms with Crippen LogP contribution in [0.4, 0.5) is 0 Å². The number of likely N-dealkylation sites (tertiary alicyclic amines) is 1. The molecule has 1 heterocycles. The molecule has 2 rings (SSSR count). The fourth-order valence-electron chi connectivity index (χ4n) is 2.26. The lowest BCUT2D eigenvalue weighted by Gasteiger charge is -2.15. The maximum atomic E-state index is 12.1. The second kappa shape index (κ2) is 4.70. The van der Waals surface area contributed by atoms with E-state index in [9.17, 15) is 9.59 Å². The van der Waals surface area contributed by atoms with Gasteiger partial charge in [-0.25, -0.2) is 0 Å². The lowest BCUT2D eigenvalue weighted by atomic mass is 10.0. The smallest absolute Gasteiger partial charge is 0.223 e. The Kier molecular flexibility index (Phi) is 3.27. The van der Waals surface area contributed by atoms with Crippen LogP contribution in [0.3, 0.4) is 0 Å². The summed E-state index contributed by atoms with van der Waals surface area (Å²) in [5, 5.41) is 0. The van der Waals surface area contributed by atoms with Crippen LogP contribution in [0, 0.1) is 13.8 Å². The lowest BCUT2D eigenvalue weighted by molar-refractivity contribution is -0.127. The Morgan fingerprint density at radius 1 is 1.35 bits per heavy atom. The van der Waals surface area contributed by atoms with Gasteiger partial charge in [0.05, 0.1) is 6.54 Å². The third-order valence-electron chi connectivity index (χ3n) is 3.19. The van der Waals surface area contributed by atoms with Gasteiger partial charge in [-0.15, -0.1) is 0 Å². The number of ketones is 1. The number of carbonyl (C=O) groups excluding carboxylic acids is 2. The largest absolute Gasteiger partial charge is 0.335 e. The minimum atomic E-state index is 0.0396. The first-order valence-corrected chi connectivity index (χ1v) is 5.96. The standard InChI is InChI=1S/C14H17NO2/c1-10-5-6-12(11(2)8-10)13(16)9-15-7-3-4-14(15)17/h5-6,8H,3-4,7,9H2,1-2H3. The summed E-state index contributed by atoms with van der Waals surface area (Å²) in [6.07, 6.45) is 1.46. The normalized spacial score (nSPS) is 15.4. The molecule has 0 aliphatic carbocycles. The summed E-state index contributed by atoms with van der Waals surface area (Å²) in [7, 11) is 0. The quantitative estimate of drug-likeness (QED) is 0.747. The Labute approximate surface area is 101 Å². The molecule has 0 atom stereocenters. The van der Waals surface area contributed by atoms with Crippen LogP contribution in [0.15, 0.2) is 18.2 Å². The molecule has 1 amide bonds. The van der Waals surface area contributed by atoms with Gasteiger partial charge in [-0.3, -0.25) is 9.59 Å². The SMILES string of the molecule is Cc1ccc(C(=O)CN2CCCC2=O)c(C)c1. The molecule has 1 aliphatic rings. The topological polar surface area (TPSA) is 37.4 Å². The highest BCUT2D eigenvalue weighted by atomic mass is 16.2. The van der Waals surface area contributed by atoms with Crippen molar-refractivity contribution in [3.05, 3.63) is 34.9 Å². The van der Waals surface area contributed by atoms with E-state index in [-0.39, 0.29) is 18.2 Å². The average molecular weight is 231 g/mol. The van der Waals surface area contributed by atoms with E-state index in [2.05, 4.69) is 0 Å². The van der Waals surface area contributed by atoms with Crippen LogP contribution in [0.1, 0.15) is 34.3 Å². The van der Waals surface area contributed by atoms with E-state index in [0.717, 1.165) is 29.7 Å². The van der Waals surface area contributed by atoms with Crippen molar-refractivity contribution in [1.82, 2.24) is 4.90 Å². The number of rotatable bonds is 3. The van der Waals surface area contributed by atoms with Crippen LogP contribution in [0.5, 0.6) is 0 Å². The zero-order valence-corrected chi connectivity index (χ0v) is 10.3. The summed E-state index contributed by atoms with van der Waals surface area (Å²) < 4.78 is 0. The van der Waals surface area contributed by atoms with Gasteiger partial charge in [-0.05, 0) is 25.8 Å². The number of aryl methyl sites for hydroxylation is 2. The zero-order valence-electron chi connectivity index (χ0n) is 10.3. The molecular formula is C14H17NO2. The molecule has 0 aromatic heterocycles. The highest BCUT2D eigenvalue weighted by Crippen LogP contribution is 2.14. The van der Waals surface area contributed by atoms with Gasteiger partial charge in [0.2, 0.25) is 5.91 Å². The van der Waals surface area contributed by atoms with Gasteiger partial charge < -0.3 is 4.90 Å². The Bertz CT molecular complexity index is 465. The molecular weight excluding hydrogens is 214 g/mol. The molecule has 1 aromatic carbocycles. The first-order chi connectivity index (χ1) is 8.08. The third kappa shape index (κ3) is 2.54. The molecule has 0 radical (unpaired) electrons. The van der Waals surface area contributed by atoms with Crippen molar-refractivity contribution in [3.63, 3.8) is 0 Å². The summed E-state index contributed by atoms with van der Waals surface area (Å²) in [4.78, 5) is 25.2. The number of Topliss-reactive ketones (excluding diaryl/α,β-unsaturated/α-hetero) is 1. The number of hydrogen-bond acceptors (Lipinski definition) is 2. The zero-order chi connectivity index (χ0) is 12.4. The van der Waals surface area contributed by atoms with Crippen LogP contribution in [-0.4, -0.2) is 29.7 Å². The first-order valence-electron chi connectivity index (χ1n) is 5.96. The van der Waals surface area contributed by atoms with Crippen molar-refractivity contribution in [3.8, 4) is 0 Å². The Morgan fingerprint density at radius 2 is 2.12 bits per heavy atom. The minimum absolute atomic E-state index is 0.0396. The predicted octanol–water partition coefficient (Wildman–Crippen LogP) is 2.11. The molecule has 3 heteroatoms. The van der Waals surface area contributed by atoms with Crippen LogP contribution >= 0.6 is 0 Å². The molecule has 1 saturated heterocycles.